The van der Waals surface area contributed by atoms with Crippen molar-refractivity contribution in [1.82, 2.24) is 9.88 Å². The molecule has 2 N–H and O–H groups in total. The maximum Gasteiger partial charge on any atom is 0.131 e. The molecule has 0 aliphatic carbocycles. The summed E-state index contributed by atoms with van der Waals surface area (Å²) in [5, 5.41) is 14.0. The number of anilines is 1. The van der Waals surface area contributed by atoms with Crippen LogP contribution in [0.4, 0.5) is 14.6 Å². The van der Waals surface area contributed by atoms with Crippen molar-refractivity contribution in [3.05, 3.63) is 70.4 Å². The first-order valence-corrected chi connectivity index (χ1v) is 14.3. The van der Waals surface area contributed by atoms with Gasteiger partial charge in [-0.1, -0.05) is 12.6 Å². The van der Waals surface area contributed by atoms with E-state index in [1.807, 2.05) is 0 Å². The van der Waals surface area contributed by atoms with Crippen molar-refractivity contribution in [3.8, 4) is 0 Å². The summed E-state index contributed by atoms with van der Waals surface area (Å²) in [6, 6.07) is 6.66. The number of nitrogens with one attached hydrogen (secondary N) is 1. The van der Waals surface area contributed by atoms with E-state index in [0.717, 1.165) is 62.1 Å². The number of aromatic nitrogens is 1. The van der Waals surface area contributed by atoms with Crippen LogP contribution in [-0.4, -0.2) is 59.1 Å². The molecule has 0 amide bonds. The highest BCUT2D eigenvalue weighted by atomic mass is 19.1. The predicted molar refractivity (Wildman–Crippen MR) is 148 cm³/mol. The minimum atomic E-state index is -1.53. The molecule has 1 unspecified atom stereocenters. The van der Waals surface area contributed by atoms with E-state index in [0.29, 0.717) is 37.2 Å². The minimum absolute atomic E-state index is 0.0307. The van der Waals surface area contributed by atoms with Gasteiger partial charge in [-0.2, -0.15) is 0 Å². The van der Waals surface area contributed by atoms with Gasteiger partial charge < -0.3 is 19.9 Å². The number of rotatable bonds is 10. The molecule has 0 radical (unpaired) electrons. The Kier molecular flexibility index (Phi) is 8.55. The molecule has 1 aromatic carbocycles. The van der Waals surface area contributed by atoms with Crippen LogP contribution in [-0.2, 0) is 35.3 Å². The van der Waals surface area contributed by atoms with E-state index in [9.17, 15) is 13.9 Å². The molecule has 212 valence electrons. The summed E-state index contributed by atoms with van der Waals surface area (Å²) >= 11 is 0. The highest BCUT2D eigenvalue weighted by molar-refractivity contribution is 5.47. The molecule has 6 nitrogen and oxygen atoms in total. The Hall–Kier alpha value is -2.55. The van der Waals surface area contributed by atoms with Crippen LogP contribution in [0.25, 0.3) is 0 Å². The van der Waals surface area contributed by atoms with Crippen LogP contribution in [0, 0.1) is 5.82 Å². The molecule has 0 spiro atoms. The molecule has 1 saturated heterocycles. The smallest absolute Gasteiger partial charge is 0.131 e. The number of benzene rings is 1. The zero-order valence-corrected chi connectivity index (χ0v) is 23.1. The normalized spacial score (nSPS) is 22.2. The number of nitrogens with zero attached hydrogens (tertiary/aromatic N) is 2. The van der Waals surface area contributed by atoms with E-state index in [1.54, 1.807) is 0 Å². The molecule has 39 heavy (non-hydrogen) atoms. The largest absolute Gasteiger partial charge is 0.511 e. The molecule has 0 bridgehead atoms. The average Bonchev–Trinajstić information content (AvgIpc) is 3.35. The molecule has 1 aromatic heterocycles. The quantitative estimate of drug-likeness (QED) is 0.284. The number of alkyl halides is 1. The third kappa shape index (κ3) is 6.61. The van der Waals surface area contributed by atoms with Crippen molar-refractivity contribution in [2.75, 3.05) is 31.6 Å². The Morgan fingerprint density at radius 1 is 1.31 bits per heavy atom. The van der Waals surface area contributed by atoms with Crippen molar-refractivity contribution in [3.63, 3.8) is 0 Å². The average molecular weight is 542 g/mol. The summed E-state index contributed by atoms with van der Waals surface area (Å²) in [6.07, 6.45) is 5.66. The second-order valence-electron chi connectivity index (χ2n) is 11.7. The molecule has 0 saturated carbocycles. The number of aryl methyl sites for hydroxylation is 2. The third-order valence-corrected chi connectivity index (χ3v) is 8.22. The van der Waals surface area contributed by atoms with Gasteiger partial charge in [-0.15, -0.1) is 0 Å². The lowest BCUT2D eigenvalue weighted by atomic mass is 9.85. The predicted octanol–water partition coefficient (Wildman–Crippen LogP) is 5.99. The van der Waals surface area contributed by atoms with E-state index in [2.05, 4.69) is 28.9 Å². The maximum absolute atomic E-state index is 14.7. The van der Waals surface area contributed by atoms with Gasteiger partial charge in [0.2, 0.25) is 0 Å². The van der Waals surface area contributed by atoms with Gasteiger partial charge in [-0.05, 0) is 92.8 Å². The van der Waals surface area contributed by atoms with Crippen molar-refractivity contribution >= 4 is 5.82 Å². The zero-order chi connectivity index (χ0) is 27.6. The molecular formula is C31H41F2N3O3. The van der Waals surface area contributed by atoms with Crippen molar-refractivity contribution < 1.29 is 23.4 Å². The zero-order valence-electron chi connectivity index (χ0n) is 23.1. The van der Waals surface area contributed by atoms with Gasteiger partial charge in [0, 0.05) is 38.4 Å². The summed E-state index contributed by atoms with van der Waals surface area (Å²) in [6.45, 7) is 9.92. The fourth-order valence-electron chi connectivity index (χ4n) is 6.09. The van der Waals surface area contributed by atoms with Crippen LogP contribution in [0.2, 0.25) is 0 Å². The van der Waals surface area contributed by atoms with Crippen LogP contribution >= 0.6 is 0 Å². The van der Waals surface area contributed by atoms with Gasteiger partial charge in [0.25, 0.3) is 0 Å². The number of aliphatic hydroxyl groups is 1. The Balaban J connectivity index is 1.16. The number of hydrogen-bond acceptors (Lipinski definition) is 6. The van der Waals surface area contributed by atoms with Gasteiger partial charge in [-0.3, -0.25) is 4.90 Å². The number of aliphatic hydroxyl groups excluding tert-OH is 1. The number of likely N-dealkylation sites (tertiary alicyclic amines) is 1. The summed E-state index contributed by atoms with van der Waals surface area (Å²) in [7, 11) is 0. The molecule has 3 atom stereocenters. The van der Waals surface area contributed by atoms with E-state index in [4.69, 9.17) is 14.5 Å². The lowest BCUT2D eigenvalue weighted by molar-refractivity contribution is -0.0604. The first-order chi connectivity index (χ1) is 18.7. The first-order valence-electron chi connectivity index (χ1n) is 14.3. The molecule has 2 aromatic rings. The second-order valence-corrected chi connectivity index (χ2v) is 11.7. The Bertz CT molecular complexity index is 1180. The topological polar surface area (TPSA) is 66.9 Å². The van der Waals surface area contributed by atoms with Gasteiger partial charge in [0.05, 0.1) is 24.9 Å². The fraction of sp³-hybridized carbons (Fsp3) is 0.581. The van der Waals surface area contributed by atoms with Crippen molar-refractivity contribution in [2.24, 2.45) is 0 Å². The molecule has 1 fully saturated rings. The number of fused-ring (bicyclic) bond motifs is 2. The van der Waals surface area contributed by atoms with E-state index in [-0.39, 0.29) is 18.5 Å². The van der Waals surface area contributed by atoms with Crippen molar-refractivity contribution in [2.45, 2.75) is 89.3 Å². The molecular weight excluding hydrogens is 500 g/mol. The van der Waals surface area contributed by atoms with Crippen molar-refractivity contribution in [1.29, 1.82) is 0 Å². The molecule has 8 heteroatoms. The monoisotopic (exact) mass is 541 g/mol. The highest BCUT2D eigenvalue weighted by Crippen LogP contribution is 2.38. The Labute approximate surface area is 230 Å². The summed E-state index contributed by atoms with van der Waals surface area (Å²) < 4.78 is 41.3. The lowest BCUT2D eigenvalue weighted by Gasteiger charge is -2.36. The molecule has 3 aliphatic heterocycles. The SMILES string of the molecule is C=C(O)[C@@H](c1cc(F)cc2c1CC(C(C)(C)F)OC2)N1CC[C@@H](OCCCCc2ccc3c(n2)NCCC3)C1. The maximum atomic E-state index is 14.7. The third-order valence-electron chi connectivity index (χ3n) is 8.22. The van der Waals surface area contributed by atoms with Crippen LogP contribution in [0.15, 0.2) is 36.6 Å². The van der Waals surface area contributed by atoms with Crippen LogP contribution in [0.3, 0.4) is 0 Å². The van der Waals surface area contributed by atoms with E-state index >= 15 is 0 Å². The number of pyridine rings is 1. The number of ether oxygens (including phenoxy) is 2. The fourth-order valence-corrected chi connectivity index (χ4v) is 6.09. The van der Waals surface area contributed by atoms with Crippen LogP contribution in [0.5, 0.6) is 0 Å². The Morgan fingerprint density at radius 2 is 2.15 bits per heavy atom. The first kappa shape index (κ1) is 28.0. The summed E-state index contributed by atoms with van der Waals surface area (Å²) in [4.78, 5) is 6.87. The van der Waals surface area contributed by atoms with Gasteiger partial charge in [0.1, 0.15) is 23.1 Å². The van der Waals surface area contributed by atoms with Gasteiger partial charge in [0.15, 0.2) is 0 Å². The van der Waals surface area contributed by atoms with E-state index < -0.39 is 23.6 Å². The molecule has 4 heterocycles. The van der Waals surface area contributed by atoms with Crippen LogP contribution < -0.4 is 5.32 Å². The lowest BCUT2D eigenvalue weighted by Crippen LogP contribution is -2.40. The van der Waals surface area contributed by atoms with Gasteiger partial charge in [-0.25, -0.2) is 13.8 Å². The standard InChI is InChI=1S/C31H41F2N3O3/c1-20(37)29(27-16-23(32)15-22-19-39-28(17-26(22)27)31(2,3)33)36-13-11-25(18-36)38-14-5-4-8-24-10-9-21-7-6-12-34-30(21)35-24/h9-10,15-16,25,28-29,37H,1,4-8,11-14,17-19H2,2-3H3,(H,34,35)/t25-,28?,29+/m1/s1. The van der Waals surface area contributed by atoms with Crippen LogP contribution in [0.1, 0.15) is 73.5 Å². The highest BCUT2D eigenvalue weighted by Gasteiger charge is 2.38. The Morgan fingerprint density at radius 3 is 2.95 bits per heavy atom. The molecule has 5 rings (SSSR count). The minimum Gasteiger partial charge on any atom is -0.511 e. The summed E-state index contributed by atoms with van der Waals surface area (Å²) in [5.41, 5.74) is 3.07. The summed E-state index contributed by atoms with van der Waals surface area (Å²) in [5.74, 6) is 0.600. The molecule has 3 aliphatic rings. The number of hydrogen-bond donors (Lipinski definition) is 2. The number of unbranched alkanes of at least 4 members (excludes halogenated alkanes) is 1. The second kappa shape index (κ2) is 11.9. The van der Waals surface area contributed by atoms with E-state index in [1.165, 1.54) is 31.5 Å². The number of halogens is 2. The van der Waals surface area contributed by atoms with Gasteiger partial charge >= 0.3 is 0 Å².